The number of aromatic nitrogens is 1. The van der Waals surface area contributed by atoms with Gasteiger partial charge >= 0.3 is 6.36 Å². The fourth-order valence-corrected chi connectivity index (χ4v) is 1.40. The van der Waals surface area contributed by atoms with Crippen LogP contribution in [0.4, 0.5) is 13.2 Å². The van der Waals surface area contributed by atoms with Crippen molar-refractivity contribution in [3.05, 3.63) is 17.3 Å². The summed E-state index contributed by atoms with van der Waals surface area (Å²) < 4.78 is 45.0. The molecule has 0 atom stereocenters. The Morgan fingerprint density at radius 1 is 1.44 bits per heavy atom. The van der Waals surface area contributed by atoms with E-state index < -0.39 is 6.36 Å². The van der Waals surface area contributed by atoms with Gasteiger partial charge in [-0.15, -0.1) is 13.2 Å². The lowest BCUT2D eigenvalue weighted by Crippen LogP contribution is -2.18. The molecule has 1 aromatic rings. The molecule has 0 aliphatic rings. The highest BCUT2D eigenvalue weighted by Crippen LogP contribution is 2.31. The van der Waals surface area contributed by atoms with Crippen LogP contribution in [0.25, 0.3) is 0 Å². The summed E-state index contributed by atoms with van der Waals surface area (Å²) in [5.74, 6) is -0.176. The summed E-state index contributed by atoms with van der Waals surface area (Å²) in [4.78, 5) is 3.98. The van der Waals surface area contributed by atoms with E-state index in [1.54, 1.807) is 0 Å². The van der Waals surface area contributed by atoms with Crippen LogP contribution in [0.2, 0.25) is 0 Å². The number of rotatable bonds is 3. The first kappa shape index (κ1) is 13.1. The van der Waals surface area contributed by atoms with Crippen LogP contribution in [0.1, 0.15) is 11.3 Å². The van der Waals surface area contributed by atoms with Gasteiger partial charge in [-0.1, -0.05) is 15.9 Å². The molecule has 1 heterocycles. The van der Waals surface area contributed by atoms with Gasteiger partial charge < -0.3 is 9.47 Å². The van der Waals surface area contributed by atoms with Crippen molar-refractivity contribution in [2.75, 3.05) is 7.11 Å². The second kappa shape index (κ2) is 4.90. The standard InChI is InChI=1S/C9H9BrF3NO2/c1-5-7(16-9(11,12)13)3-6(4-10)14-8(5)15-2/h3H,4H2,1-2H3. The normalized spacial score (nSPS) is 11.4. The number of alkyl halides is 4. The Morgan fingerprint density at radius 3 is 2.50 bits per heavy atom. The number of nitrogens with zero attached hydrogens (tertiary/aromatic N) is 1. The van der Waals surface area contributed by atoms with Crippen LogP contribution in [0, 0.1) is 6.92 Å². The molecule has 90 valence electrons. The van der Waals surface area contributed by atoms with Crippen molar-refractivity contribution in [2.24, 2.45) is 0 Å². The molecule has 0 aliphatic carbocycles. The van der Waals surface area contributed by atoms with Crippen molar-refractivity contribution < 1.29 is 22.6 Å². The van der Waals surface area contributed by atoms with Crippen molar-refractivity contribution in [1.29, 1.82) is 0 Å². The van der Waals surface area contributed by atoms with Crippen LogP contribution in [0.3, 0.4) is 0 Å². The Kier molecular flexibility index (Phi) is 4.01. The summed E-state index contributed by atoms with van der Waals surface area (Å²) >= 11 is 3.10. The SMILES string of the molecule is COc1nc(CBr)cc(OC(F)(F)F)c1C. The Balaban J connectivity index is 3.16. The van der Waals surface area contributed by atoms with E-state index in [0.717, 1.165) is 0 Å². The third kappa shape index (κ3) is 3.26. The maximum Gasteiger partial charge on any atom is 0.573 e. The van der Waals surface area contributed by atoms with E-state index >= 15 is 0 Å². The lowest BCUT2D eigenvalue weighted by atomic mass is 10.2. The largest absolute Gasteiger partial charge is 0.573 e. The second-order valence-corrected chi connectivity index (χ2v) is 3.49. The van der Waals surface area contributed by atoms with Gasteiger partial charge in [0.2, 0.25) is 5.88 Å². The topological polar surface area (TPSA) is 31.4 Å². The Morgan fingerprint density at radius 2 is 2.06 bits per heavy atom. The van der Waals surface area contributed by atoms with E-state index in [1.165, 1.54) is 20.1 Å². The summed E-state index contributed by atoms with van der Waals surface area (Å²) in [5, 5.41) is 0.317. The van der Waals surface area contributed by atoms with Crippen LogP contribution in [0.15, 0.2) is 6.07 Å². The predicted octanol–water partition coefficient (Wildman–Crippen LogP) is 3.19. The molecule has 0 amide bonds. The van der Waals surface area contributed by atoms with Gasteiger partial charge in [0, 0.05) is 11.4 Å². The molecule has 0 saturated heterocycles. The molecule has 0 saturated carbocycles. The zero-order valence-electron chi connectivity index (χ0n) is 8.56. The van der Waals surface area contributed by atoms with Gasteiger partial charge in [-0.25, -0.2) is 4.98 Å². The van der Waals surface area contributed by atoms with Crippen LogP contribution in [0.5, 0.6) is 11.6 Å². The van der Waals surface area contributed by atoms with E-state index in [1.807, 2.05) is 0 Å². The van der Waals surface area contributed by atoms with Crippen molar-refractivity contribution in [3.63, 3.8) is 0 Å². The van der Waals surface area contributed by atoms with E-state index in [-0.39, 0.29) is 17.2 Å². The number of halogens is 4. The van der Waals surface area contributed by atoms with Crippen LogP contribution < -0.4 is 9.47 Å². The minimum Gasteiger partial charge on any atom is -0.481 e. The molecule has 16 heavy (non-hydrogen) atoms. The third-order valence-electron chi connectivity index (χ3n) is 1.79. The lowest BCUT2D eigenvalue weighted by Gasteiger charge is -2.14. The van der Waals surface area contributed by atoms with Crippen LogP contribution >= 0.6 is 15.9 Å². The summed E-state index contributed by atoms with van der Waals surface area (Å²) in [6.07, 6.45) is -4.72. The molecule has 0 N–H and O–H groups in total. The maximum atomic E-state index is 12.1. The highest BCUT2D eigenvalue weighted by atomic mass is 79.9. The molecule has 0 spiro atoms. The summed E-state index contributed by atoms with van der Waals surface area (Å²) in [7, 11) is 1.34. The maximum absolute atomic E-state index is 12.1. The Hall–Kier alpha value is -0.980. The average molecular weight is 300 g/mol. The number of pyridine rings is 1. The van der Waals surface area contributed by atoms with Crippen molar-refractivity contribution in [2.45, 2.75) is 18.6 Å². The quantitative estimate of drug-likeness (QED) is 0.803. The minimum absolute atomic E-state index is 0.121. The average Bonchev–Trinajstić information content (AvgIpc) is 2.19. The third-order valence-corrected chi connectivity index (χ3v) is 2.36. The molecular formula is C9H9BrF3NO2. The van der Waals surface area contributed by atoms with Gasteiger partial charge in [0.25, 0.3) is 0 Å². The first-order chi connectivity index (χ1) is 7.37. The summed E-state index contributed by atoms with van der Waals surface area (Å²) in [6.45, 7) is 1.45. The van der Waals surface area contributed by atoms with Gasteiger partial charge in [0.1, 0.15) is 5.75 Å². The van der Waals surface area contributed by atoms with Crippen molar-refractivity contribution in [1.82, 2.24) is 4.98 Å². The summed E-state index contributed by atoms with van der Waals surface area (Å²) in [5.41, 5.74) is 0.617. The molecule has 1 aromatic heterocycles. The Bertz CT molecular complexity index is 382. The van der Waals surface area contributed by atoms with E-state index in [4.69, 9.17) is 4.74 Å². The molecule has 0 radical (unpaired) electrons. The zero-order valence-corrected chi connectivity index (χ0v) is 10.1. The molecule has 1 rings (SSSR count). The van der Waals surface area contributed by atoms with Crippen molar-refractivity contribution in [3.8, 4) is 11.6 Å². The minimum atomic E-state index is -4.72. The molecule has 0 bridgehead atoms. The van der Waals surface area contributed by atoms with E-state index in [0.29, 0.717) is 11.0 Å². The summed E-state index contributed by atoms with van der Waals surface area (Å²) in [6, 6.07) is 1.22. The van der Waals surface area contributed by atoms with Gasteiger partial charge in [0.05, 0.1) is 18.4 Å². The fraction of sp³-hybridized carbons (Fsp3) is 0.444. The number of hydrogen-bond acceptors (Lipinski definition) is 3. The monoisotopic (exact) mass is 299 g/mol. The molecule has 7 heteroatoms. The highest BCUT2D eigenvalue weighted by Gasteiger charge is 2.32. The highest BCUT2D eigenvalue weighted by molar-refractivity contribution is 9.08. The van der Waals surface area contributed by atoms with Crippen LogP contribution in [-0.2, 0) is 5.33 Å². The predicted molar refractivity (Wildman–Crippen MR) is 54.8 cm³/mol. The zero-order chi connectivity index (χ0) is 12.3. The second-order valence-electron chi connectivity index (χ2n) is 2.93. The lowest BCUT2D eigenvalue weighted by molar-refractivity contribution is -0.274. The van der Waals surface area contributed by atoms with E-state index in [2.05, 4.69) is 25.7 Å². The Labute approximate surface area is 98.7 Å². The van der Waals surface area contributed by atoms with Crippen LogP contribution in [-0.4, -0.2) is 18.5 Å². The number of hydrogen-bond donors (Lipinski definition) is 0. The smallest absolute Gasteiger partial charge is 0.481 e. The van der Waals surface area contributed by atoms with E-state index in [9.17, 15) is 13.2 Å². The molecule has 0 aromatic carbocycles. The van der Waals surface area contributed by atoms with Gasteiger partial charge in [0.15, 0.2) is 0 Å². The number of ether oxygens (including phenoxy) is 2. The fourth-order valence-electron chi connectivity index (χ4n) is 1.11. The van der Waals surface area contributed by atoms with Gasteiger partial charge in [-0.2, -0.15) is 0 Å². The molecule has 0 aliphatic heterocycles. The first-order valence-corrected chi connectivity index (χ1v) is 5.35. The number of methoxy groups -OCH3 is 1. The molecule has 3 nitrogen and oxygen atoms in total. The molecule has 0 unspecified atom stereocenters. The molecular weight excluding hydrogens is 291 g/mol. The first-order valence-electron chi connectivity index (χ1n) is 4.23. The van der Waals surface area contributed by atoms with Crippen molar-refractivity contribution >= 4 is 15.9 Å². The molecule has 0 fully saturated rings. The van der Waals surface area contributed by atoms with Gasteiger partial charge in [-0.05, 0) is 6.92 Å². The van der Waals surface area contributed by atoms with Gasteiger partial charge in [-0.3, -0.25) is 0 Å².